The molecular formula is C10H27Cl2N3O. The lowest BCUT2D eigenvalue weighted by Gasteiger charge is -1.99. The zero-order chi connectivity index (χ0) is 11.4. The van der Waals surface area contributed by atoms with E-state index in [0.717, 1.165) is 19.4 Å². The van der Waals surface area contributed by atoms with Gasteiger partial charge in [-0.3, -0.25) is 4.79 Å². The monoisotopic (exact) mass is 275 g/mol. The van der Waals surface area contributed by atoms with E-state index in [1.165, 1.54) is 4.90 Å². The number of quaternary nitrogens is 2. The summed E-state index contributed by atoms with van der Waals surface area (Å²) in [6.45, 7) is 5.05. The molecule has 0 heterocycles. The Balaban J connectivity index is -0.000000105. The van der Waals surface area contributed by atoms with Crippen LogP contribution in [0.1, 0.15) is 33.1 Å². The lowest BCUT2D eigenvalue weighted by molar-refractivity contribution is -0.836. The van der Waals surface area contributed by atoms with Crippen molar-refractivity contribution in [2.45, 2.75) is 33.1 Å². The van der Waals surface area contributed by atoms with Gasteiger partial charge in [-0.15, -0.1) is 0 Å². The van der Waals surface area contributed by atoms with E-state index in [9.17, 15) is 4.79 Å². The molecule has 0 spiro atoms. The molecular weight excluding hydrogens is 249 g/mol. The Kier molecular flexibility index (Phi) is 31.8. The zero-order valence-electron chi connectivity index (χ0n) is 11.1. The Labute approximate surface area is 112 Å². The first-order chi connectivity index (χ1) is 6.54. The van der Waals surface area contributed by atoms with E-state index >= 15 is 0 Å². The van der Waals surface area contributed by atoms with Crippen LogP contribution in [0.2, 0.25) is 0 Å². The standard InChI is InChI=1S/C7H16N2O.C3H9N.2ClH/c1-3-5-7(10)9-8-6-4-2;1-4(2)3;;/h8H,3-6H2,1-2H3,(H,9,10);1-3H3;2*1H. The van der Waals surface area contributed by atoms with E-state index in [-0.39, 0.29) is 30.7 Å². The number of hydrogen-bond acceptors (Lipinski definition) is 1. The fraction of sp³-hybridized carbons (Fsp3) is 0.900. The molecule has 0 aliphatic heterocycles. The number of carbonyl (C=O) groups is 1. The van der Waals surface area contributed by atoms with Gasteiger partial charge in [0.05, 0.1) is 27.7 Å². The molecule has 4 N–H and O–H groups in total. The second-order valence-corrected chi connectivity index (χ2v) is 3.81. The number of rotatable bonds is 5. The lowest BCUT2D eigenvalue weighted by Crippen LogP contribution is -3.02. The Morgan fingerprint density at radius 1 is 1.12 bits per heavy atom. The van der Waals surface area contributed by atoms with Crippen molar-refractivity contribution in [3.8, 4) is 0 Å². The van der Waals surface area contributed by atoms with Gasteiger partial charge in [0, 0.05) is 6.42 Å². The third kappa shape index (κ3) is 37.0. The normalized spacial score (nSPS) is 8.12. The molecule has 0 saturated heterocycles. The van der Waals surface area contributed by atoms with E-state index in [2.05, 4.69) is 33.5 Å². The molecule has 0 unspecified atom stereocenters. The molecule has 0 bridgehead atoms. The molecule has 1 amide bonds. The Morgan fingerprint density at radius 2 is 1.56 bits per heavy atom. The minimum absolute atomic E-state index is 0. The van der Waals surface area contributed by atoms with Crippen molar-refractivity contribution in [3.05, 3.63) is 0 Å². The molecule has 0 rings (SSSR count). The van der Waals surface area contributed by atoms with Crippen LogP contribution in [0.25, 0.3) is 0 Å². The van der Waals surface area contributed by atoms with E-state index < -0.39 is 0 Å². The molecule has 16 heavy (non-hydrogen) atoms. The second kappa shape index (κ2) is 20.4. The molecule has 0 radical (unpaired) electrons. The third-order valence-corrected chi connectivity index (χ3v) is 1.17. The molecule has 0 aliphatic carbocycles. The van der Waals surface area contributed by atoms with Crippen LogP contribution in [0.4, 0.5) is 0 Å². The molecule has 0 aliphatic rings. The van der Waals surface area contributed by atoms with E-state index in [1.807, 2.05) is 12.3 Å². The van der Waals surface area contributed by atoms with Crippen molar-refractivity contribution in [2.75, 3.05) is 27.7 Å². The summed E-state index contributed by atoms with van der Waals surface area (Å²) in [6, 6.07) is 0. The van der Waals surface area contributed by atoms with Crippen molar-refractivity contribution in [2.24, 2.45) is 0 Å². The zero-order valence-corrected chi connectivity index (χ0v) is 12.6. The van der Waals surface area contributed by atoms with Gasteiger partial charge in [-0.1, -0.05) is 13.8 Å². The number of nitrogens with two attached hydrogens (primary N) is 1. The van der Waals surface area contributed by atoms with Crippen molar-refractivity contribution < 1.29 is 39.9 Å². The number of halogens is 2. The van der Waals surface area contributed by atoms with Crippen molar-refractivity contribution in [1.82, 2.24) is 5.43 Å². The average Bonchev–Trinajstić information content (AvgIpc) is 2.04. The van der Waals surface area contributed by atoms with Crippen LogP contribution in [0.3, 0.4) is 0 Å². The SMILES string of the molecule is CCC[NH2+]NC(=O)CCC.C[NH+](C)C.[Cl-].[Cl-]. The van der Waals surface area contributed by atoms with Crippen molar-refractivity contribution >= 4 is 5.91 Å². The van der Waals surface area contributed by atoms with Gasteiger partial charge in [0.2, 0.25) is 0 Å². The minimum Gasteiger partial charge on any atom is -1.00 e. The molecule has 0 aromatic rings. The first-order valence-electron chi connectivity index (χ1n) is 5.42. The molecule has 0 fully saturated rings. The van der Waals surface area contributed by atoms with Crippen molar-refractivity contribution in [1.29, 1.82) is 0 Å². The maximum atomic E-state index is 10.8. The lowest BCUT2D eigenvalue weighted by atomic mass is 10.3. The average molecular weight is 276 g/mol. The summed E-state index contributed by atoms with van der Waals surface area (Å²) in [5, 5.41) is 0. The van der Waals surface area contributed by atoms with Gasteiger partial charge in [-0.05, 0) is 12.8 Å². The maximum absolute atomic E-state index is 10.8. The first-order valence-corrected chi connectivity index (χ1v) is 5.42. The minimum atomic E-state index is 0. The van der Waals surface area contributed by atoms with Crippen LogP contribution in [-0.4, -0.2) is 33.6 Å². The van der Waals surface area contributed by atoms with Crippen LogP contribution >= 0.6 is 0 Å². The van der Waals surface area contributed by atoms with Crippen LogP contribution in [0.15, 0.2) is 0 Å². The summed E-state index contributed by atoms with van der Waals surface area (Å²) in [4.78, 5) is 12.2. The molecule has 4 nitrogen and oxygen atoms in total. The Hall–Kier alpha value is -0.0300. The third-order valence-electron chi connectivity index (χ3n) is 1.17. The van der Waals surface area contributed by atoms with Gasteiger partial charge in [0.25, 0.3) is 5.91 Å². The molecule has 102 valence electrons. The van der Waals surface area contributed by atoms with Crippen LogP contribution in [0, 0.1) is 0 Å². The fourth-order valence-electron chi connectivity index (χ4n) is 0.630. The topological polar surface area (TPSA) is 50.1 Å². The van der Waals surface area contributed by atoms with Crippen LogP contribution in [0.5, 0.6) is 0 Å². The number of carbonyl (C=O) groups excluding carboxylic acids is 1. The second-order valence-electron chi connectivity index (χ2n) is 3.81. The summed E-state index contributed by atoms with van der Waals surface area (Å²) in [6.07, 6.45) is 2.65. The van der Waals surface area contributed by atoms with E-state index in [4.69, 9.17) is 0 Å². The molecule has 0 aromatic carbocycles. The first kappa shape index (κ1) is 25.0. The predicted molar refractivity (Wildman–Crippen MR) is 58.9 cm³/mol. The quantitative estimate of drug-likeness (QED) is 0.199. The van der Waals surface area contributed by atoms with Crippen LogP contribution in [-0.2, 0) is 4.79 Å². The Bertz CT molecular complexity index is 132. The van der Waals surface area contributed by atoms with Crippen LogP contribution < -0.4 is 40.6 Å². The Morgan fingerprint density at radius 3 is 1.88 bits per heavy atom. The predicted octanol–water partition coefficient (Wildman–Crippen LogP) is -7.44. The van der Waals surface area contributed by atoms with Gasteiger partial charge >= 0.3 is 0 Å². The van der Waals surface area contributed by atoms with Gasteiger partial charge in [0.1, 0.15) is 0 Å². The highest BCUT2D eigenvalue weighted by atomic mass is 35.5. The maximum Gasteiger partial charge on any atom is 0.264 e. The number of amides is 1. The molecule has 0 atom stereocenters. The molecule has 0 aromatic heterocycles. The number of hydrogen-bond donors (Lipinski definition) is 3. The summed E-state index contributed by atoms with van der Waals surface area (Å²) >= 11 is 0. The van der Waals surface area contributed by atoms with Gasteiger partial charge in [0.15, 0.2) is 0 Å². The van der Waals surface area contributed by atoms with Gasteiger partial charge in [-0.2, -0.15) is 0 Å². The fourth-order valence-corrected chi connectivity index (χ4v) is 0.630. The highest BCUT2D eigenvalue weighted by Gasteiger charge is 1.97. The van der Waals surface area contributed by atoms with E-state index in [0.29, 0.717) is 6.42 Å². The van der Waals surface area contributed by atoms with Crippen molar-refractivity contribution in [3.63, 3.8) is 0 Å². The largest absolute Gasteiger partial charge is 1.00 e. The number of nitrogens with one attached hydrogen (secondary N) is 2. The van der Waals surface area contributed by atoms with Gasteiger partial charge in [-0.25, -0.2) is 10.9 Å². The summed E-state index contributed by atoms with van der Waals surface area (Å²) < 4.78 is 0. The molecule has 0 saturated carbocycles. The van der Waals surface area contributed by atoms with E-state index in [1.54, 1.807) is 0 Å². The summed E-state index contributed by atoms with van der Waals surface area (Å²) in [7, 11) is 6.25. The van der Waals surface area contributed by atoms with Gasteiger partial charge < -0.3 is 29.7 Å². The summed E-state index contributed by atoms with van der Waals surface area (Å²) in [5.41, 5.74) is 4.55. The smallest absolute Gasteiger partial charge is 0.264 e. The highest BCUT2D eigenvalue weighted by Crippen LogP contribution is 1.81. The highest BCUT2D eigenvalue weighted by molar-refractivity contribution is 5.74. The molecule has 6 heteroatoms. The summed E-state index contributed by atoms with van der Waals surface area (Å²) in [5.74, 6) is 0.135.